The molecule has 6 heteroatoms. The molecule has 16 heavy (non-hydrogen) atoms. The van der Waals surface area contributed by atoms with Crippen LogP contribution >= 0.6 is 0 Å². The van der Waals surface area contributed by atoms with Crippen LogP contribution in [-0.4, -0.2) is 10.9 Å². The van der Waals surface area contributed by atoms with E-state index in [1.165, 1.54) is 12.1 Å². The molecule has 2 rings (SSSR count). The van der Waals surface area contributed by atoms with Crippen LogP contribution in [0.3, 0.4) is 0 Å². The quantitative estimate of drug-likeness (QED) is 0.367. The number of nitrogens with two attached hydrogens (primary N) is 1. The molecule has 0 bridgehead atoms. The molecular formula is C10H8FN3O2. The monoisotopic (exact) mass is 221 g/mol. The summed E-state index contributed by atoms with van der Waals surface area (Å²) in [7, 11) is 0. The first kappa shape index (κ1) is 10.3. The Morgan fingerprint density at radius 3 is 2.81 bits per heavy atom. The zero-order valence-corrected chi connectivity index (χ0v) is 8.08. The summed E-state index contributed by atoms with van der Waals surface area (Å²) in [5, 5.41) is 0.308. The summed E-state index contributed by atoms with van der Waals surface area (Å²) >= 11 is 0. The van der Waals surface area contributed by atoms with Crippen LogP contribution in [0.4, 0.5) is 4.39 Å². The Morgan fingerprint density at radius 2 is 2.12 bits per heavy atom. The Morgan fingerprint density at radius 1 is 1.38 bits per heavy atom. The fourth-order valence-corrected chi connectivity index (χ4v) is 1.49. The number of fused-ring (bicyclic) bond motifs is 1. The summed E-state index contributed by atoms with van der Waals surface area (Å²) in [6.45, 7) is 0. The van der Waals surface area contributed by atoms with E-state index in [1.807, 2.05) is 5.43 Å². The van der Waals surface area contributed by atoms with Gasteiger partial charge in [-0.3, -0.25) is 15.0 Å². The highest BCUT2D eigenvalue weighted by molar-refractivity contribution is 6.05. The van der Waals surface area contributed by atoms with Crippen LogP contribution in [0.15, 0.2) is 29.1 Å². The summed E-state index contributed by atoms with van der Waals surface area (Å²) in [6, 6.07) is 4.82. The van der Waals surface area contributed by atoms with Crippen molar-refractivity contribution in [3.63, 3.8) is 0 Å². The Bertz CT molecular complexity index is 621. The van der Waals surface area contributed by atoms with Crippen molar-refractivity contribution in [2.24, 2.45) is 5.84 Å². The van der Waals surface area contributed by atoms with E-state index in [2.05, 4.69) is 4.98 Å². The molecule has 2 aromatic rings. The number of nitrogens with one attached hydrogen (secondary N) is 2. The van der Waals surface area contributed by atoms with Crippen molar-refractivity contribution in [2.45, 2.75) is 0 Å². The third-order valence-corrected chi connectivity index (χ3v) is 2.18. The molecule has 82 valence electrons. The number of rotatable bonds is 1. The van der Waals surface area contributed by atoms with Gasteiger partial charge < -0.3 is 4.98 Å². The molecular weight excluding hydrogens is 213 g/mol. The highest BCUT2D eigenvalue weighted by atomic mass is 19.1. The lowest BCUT2D eigenvalue weighted by Gasteiger charge is -2.04. The maximum Gasteiger partial charge on any atom is 0.266 e. The molecule has 5 nitrogen and oxygen atoms in total. The van der Waals surface area contributed by atoms with Gasteiger partial charge in [-0.15, -0.1) is 0 Å². The summed E-state index contributed by atoms with van der Waals surface area (Å²) in [6.07, 6.45) is 0. The average Bonchev–Trinajstić information content (AvgIpc) is 2.27. The van der Waals surface area contributed by atoms with Crippen LogP contribution in [0.5, 0.6) is 0 Å². The van der Waals surface area contributed by atoms with Gasteiger partial charge in [0.1, 0.15) is 5.82 Å². The van der Waals surface area contributed by atoms with Crippen LogP contribution in [0, 0.1) is 5.82 Å². The van der Waals surface area contributed by atoms with Crippen molar-refractivity contribution in [1.29, 1.82) is 0 Å². The molecule has 0 saturated heterocycles. The number of aromatic nitrogens is 1. The highest BCUT2D eigenvalue weighted by Gasteiger charge is 2.10. The molecule has 1 heterocycles. The van der Waals surface area contributed by atoms with Crippen molar-refractivity contribution in [3.05, 3.63) is 46.0 Å². The van der Waals surface area contributed by atoms with E-state index >= 15 is 0 Å². The van der Waals surface area contributed by atoms with Gasteiger partial charge in [0.25, 0.3) is 5.91 Å². The number of hydrogen-bond acceptors (Lipinski definition) is 3. The summed E-state index contributed by atoms with van der Waals surface area (Å²) in [4.78, 5) is 25.1. The average molecular weight is 221 g/mol. The van der Waals surface area contributed by atoms with Crippen molar-refractivity contribution < 1.29 is 9.18 Å². The first-order valence-corrected chi connectivity index (χ1v) is 4.45. The number of aromatic amines is 1. The number of benzene rings is 1. The van der Waals surface area contributed by atoms with E-state index in [9.17, 15) is 14.0 Å². The number of amides is 1. The van der Waals surface area contributed by atoms with Crippen molar-refractivity contribution in [2.75, 3.05) is 0 Å². The van der Waals surface area contributed by atoms with Gasteiger partial charge in [0.05, 0.1) is 5.56 Å². The second-order valence-corrected chi connectivity index (χ2v) is 3.21. The lowest BCUT2D eigenvalue weighted by molar-refractivity contribution is 0.0955. The SMILES string of the molecule is NNC(=O)c1cc(=O)[nH]c2ccc(F)cc12. The molecule has 0 spiro atoms. The Kier molecular flexibility index (Phi) is 2.41. The second kappa shape index (κ2) is 3.74. The predicted molar refractivity (Wildman–Crippen MR) is 56.2 cm³/mol. The van der Waals surface area contributed by atoms with E-state index in [0.717, 1.165) is 12.1 Å². The topological polar surface area (TPSA) is 88.0 Å². The Hall–Kier alpha value is -2.21. The smallest absolute Gasteiger partial charge is 0.266 e. The van der Waals surface area contributed by atoms with Crippen molar-refractivity contribution >= 4 is 16.8 Å². The predicted octanol–water partition coefficient (Wildman–Crippen LogP) is 0.271. The number of hydrogen-bond donors (Lipinski definition) is 3. The molecule has 0 atom stereocenters. The Labute approximate surface area is 89.0 Å². The van der Waals surface area contributed by atoms with Crippen LogP contribution in [0.1, 0.15) is 10.4 Å². The van der Waals surface area contributed by atoms with Gasteiger partial charge in [-0.05, 0) is 18.2 Å². The summed E-state index contributed by atoms with van der Waals surface area (Å²) < 4.78 is 13.0. The minimum Gasteiger partial charge on any atom is -0.322 e. The molecule has 0 aliphatic heterocycles. The molecule has 0 unspecified atom stereocenters. The number of nitrogen functional groups attached to an aromatic ring is 1. The number of carbonyl (C=O) groups excluding carboxylic acids is 1. The van der Waals surface area contributed by atoms with E-state index < -0.39 is 17.3 Å². The molecule has 0 fully saturated rings. The summed E-state index contributed by atoms with van der Waals surface area (Å²) in [5.41, 5.74) is 1.88. The molecule has 1 aromatic carbocycles. The third-order valence-electron chi connectivity index (χ3n) is 2.18. The largest absolute Gasteiger partial charge is 0.322 e. The fraction of sp³-hybridized carbons (Fsp3) is 0. The van der Waals surface area contributed by atoms with Crippen LogP contribution in [0.2, 0.25) is 0 Å². The van der Waals surface area contributed by atoms with E-state index in [1.54, 1.807) is 0 Å². The third kappa shape index (κ3) is 1.66. The van der Waals surface area contributed by atoms with Crippen molar-refractivity contribution in [3.8, 4) is 0 Å². The maximum absolute atomic E-state index is 13.0. The first-order valence-electron chi connectivity index (χ1n) is 4.45. The number of H-pyrrole nitrogens is 1. The lowest BCUT2D eigenvalue weighted by Crippen LogP contribution is -2.31. The van der Waals surface area contributed by atoms with Crippen LogP contribution in [-0.2, 0) is 0 Å². The van der Waals surface area contributed by atoms with Gasteiger partial charge in [0.2, 0.25) is 5.56 Å². The lowest BCUT2D eigenvalue weighted by atomic mass is 10.1. The number of halogens is 1. The maximum atomic E-state index is 13.0. The van der Waals surface area contributed by atoms with Gasteiger partial charge in [-0.25, -0.2) is 10.2 Å². The molecule has 1 amide bonds. The highest BCUT2D eigenvalue weighted by Crippen LogP contribution is 2.16. The molecule has 1 aromatic heterocycles. The van der Waals surface area contributed by atoms with Gasteiger partial charge in [0, 0.05) is 17.0 Å². The van der Waals surface area contributed by atoms with Crippen molar-refractivity contribution in [1.82, 2.24) is 10.4 Å². The van der Waals surface area contributed by atoms with Crippen LogP contribution < -0.4 is 16.8 Å². The number of hydrazine groups is 1. The standard InChI is InChI=1S/C10H8FN3O2/c11-5-1-2-8-6(3-5)7(10(16)14-12)4-9(15)13-8/h1-4H,12H2,(H,13,15)(H,14,16). The number of pyridine rings is 1. The first-order chi connectivity index (χ1) is 7.61. The molecule has 0 saturated carbocycles. The fourth-order valence-electron chi connectivity index (χ4n) is 1.49. The van der Waals surface area contributed by atoms with E-state index in [0.29, 0.717) is 10.9 Å². The Balaban J connectivity index is 2.84. The zero-order chi connectivity index (χ0) is 11.7. The van der Waals surface area contributed by atoms with E-state index in [4.69, 9.17) is 5.84 Å². The summed E-state index contributed by atoms with van der Waals surface area (Å²) in [5.74, 6) is 3.85. The minimum absolute atomic E-state index is 0.0424. The van der Waals surface area contributed by atoms with Gasteiger partial charge in [-0.1, -0.05) is 0 Å². The van der Waals surface area contributed by atoms with E-state index in [-0.39, 0.29) is 5.56 Å². The van der Waals surface area contributed by atoms with Crippen LogP contribution in [0.25, 0.3) is 10.9 Å². The normalized spacial score (nSPS) is 10.4. The van der Waals surface area contributed by atoms with Gasteiger partial charge >= 0.3 is 0 Å². The zero-order valence-electron chi connectivity index (χ0n) is 8.08. The molecule has 0 radical (unpaired) electrons. The molecule has 0 aliphatic carbocycles. The molecule has 4 N–H and O–H groups in total. The van der Waals surface area contributed by atoms with Gasteiger partial charge in [0.15, 0.2) is 0 Å². The second-order valence-electron chi connectivity index (χ2n) is 3.21. The molecule has 0 aliphatic rings. The van der Waals surface area contributed by atoms with Gasteiger partial charge in [-0.2, -0.15) is 0 Å². The minimum atomic E-state index is -0.637. The number of carbonyl (C=O) groups is 1.